The molecule has 6 aromatic carbocycles. The molecule has 3 nitrogen and oxygen atoms in total. The van der Waals surface area contributed by atoms with Crippen LogP contribution in [-0.2, 0) is 18.3 Å². The van der Waals surface area contributed by atoms with Gasteiger partial charge < -0.3 is 16.4 Å². The predicted molar refractivity (Wildman–Crippen MR) is 186 cm³/mol. The Morgan fingerprint density at radius 1 is 0.477 bits per heavy atom. The Kier molecular flexibility index (Phi) is 5.92. The molecule has 3 heteroatoms. The molecule has 0 atom stereocenters. The molecule has 0 amide bonds. The summed E-state index contributed by atoms with van der Waals surface area (Å²) in [6.07, 6.45) is 1.62. The molecule has 1 aliphatic carbocycles. The minimum absolute atomic E-state index is 0.119. The van der Waals surface area contributed by atoms with Gasteiger partial charge in [0, 0.05) is 22.5 Å². The van der Waals surface area contributed by atoms with Crippen LogP contribution in [0, 0.1) is 0 Å². The summed E-state index contributed by atoms with van der Waals surface area (Å²) in [4.78, 5) is 2.49. The molecule has 214 valence electrons. The van der Waals surface area contributed by atoms with Crippen LogP contribution in [0.15, 0.2) is 127 Å². The lowest BCUT2D eigenvalue weighted by Crippen LogP contribution is -2.31. The normalized spacial score (nSPS) is 14.3. The Morgan fingerprint density at radius 3 is 1.55 bits per heavy atom. The number of rotatable bonds is 1. The summed E-state index contributed by atoms with van der Waals surface area (Å²) < 4.78 is 0. The number of hydrogen-bond donors (Lipinski definition) is 2. The average Bonchev–Trinajstić information content (AvgIpc) is 3.04. The minimum Gasteiger partial charge on any atom is -0.399 e. The van der Waals surface area contributed by atoms with Gasteiger partial charge in [0.15, 0.2) is 0 Å². The molecule has 0 saturated carbocycles. The van der Waals surface area contributed by atoms with E-state index in [4.69, 9.17) is 11.5 Å². The Hall–Kier alpha value is -5.28. The van der Waals surface area contributed by atoms with Crippen molar-refractivity contribution in [1.29, 1.82) is 0 Å². The predicted octanol–water partition coefficient (Wildman–Crippen LogP) is 10.1. The van der Waals surface area contributed by atoms with Gasteiger partial charge in [-0.25, -0.2) is 0 Å². The lowest BCUT2D eigenvalue weighted by atomic mass is 9.73. The van der Waals surface area contributed by atoms with E-state index in [-0.39, 0.29) is 5.41 Å². The van der Waals surface area contributed by atoms with E-state index in [2.05, 4.69) is 140 Å². The van der Waals surface area contributed by atoms with Crippen LogP contribution in [0.5, 0.6) is 0 Å². The second-order valence-corrected chi connectivity index (χ2v) is 12.5. The molecular weight excluding hydrogens is 534 g/mol. The summed E-state index contributed by atoms with van der Waals surface area (Å²) in [7, 11) is 0. The van der Waals surface area contributed by atoms with Crippen LogP contribution in [0.3, 0.4) is 0 Å². The van der Waals surface area contributed by atoms with E-state index in [9.17, 15) is 0 Å². The first-order chi connectivity index (χ1) is 21.4. The van der Waals surface area contributed by atoms with Gasteiger partial charge in [0.25, 0.3) is 0 Å². The zero-order valence-corrected chi connectivity index (χ0v) is 25.1. The highest BCUT2D eigenvalue weighted by molar-refractivity contribution is 5.97. The van der Waals surface area contributed by atoms with Crippen LogP contribution in [0.2, 0.25) is 0 Å². The van der Waals surface area contributed by atoms with E-state index in [1.807, 2.05) is 6.07 Å². The van der Waals surface area contributed by atoms with Crippen molar-refractivity contribution in [1.82, 2.24) is 0 Å². The number of para-hydroxylation sites is 2. The third-order valence-electron chi connectivity index (χ3n) is 9.69. The molecule has 0 fully saturated rings. The topological polar surface area (TPSA) is 55.3 Å². The highest BCUT2D eigenvalue weighted by atomic mass is 15.2. The number of nitrogens with two attached hydrogens (primary N) is 2. The van der Waals surface area contributed by atoms with Crippen molar-refractivity contribution in [3.63, 3.8) is 0 Å². The third kappa shape index (κ3) is 3.89. The maximum Gasteiger partial charge on any atom is 0.0502 e. The van der Waals surface area contributed by atoms with Gasteiger partial charge in [-0.3, -0.25) is 0 Å². The lowest BCUT2D eigenvalue weighted by molar-refractivity contribution is 0.631. The molecule has 0 unspecified atom stereocenters. The molecule has 8 rings (SSSR count). The second kappa shape index (κ2) is 9.89. The average molecular weight is 570 g/mol. The quantitative estimate of drug-likeness (QED) is 0.194. The summed E-state index contributed by atoms with van der Waals surface area (Å²) in [5, 5.41) is 0. The maximum absolute atomic E-state index is 6.77. The zero-order valence-electron chi connectivity index (χ0n) is 25.1. The van der Waals surface area contributed by atoms with Crippen molar-refractivity contribution >= 4 is 28.4 Å². The van der Waals surface area contributed by atoms with Crippen molar-refractivity contribution < 1.29 is 0 Å². The fourth-order valence-corrected chi connectivity index (χ4v) is 7.62. The van der Waals surface area contributed by atoms with Crippen LogP contribution < -0.4 is 16.4 Å². The highest BCUT2D eigenvalue weighted by Gasteiger charge is 2.37. The Labute approximate surface area is 259 Å². The SMILES string of the molecule is CC1(C)c2ccccc2N(c2cccc3c2CCc2c(N)cc(N)cc2-c2ccccc2-c2ccccc2-3)c2ccccc21. The van der Waals surface area contributed by atoms with E-state index < -0.39 is 0 Å². The standard InChI is InChI=1S/C41H35N3/c1-41(2)35-17-7-9-19-39(35)44(40-20-10-8-18-36(40)41)38-21-11-16-30-28-13-4-3-12-27(28)29-14-5-6-15-31(29)34-24-26(42)25-37(43)32(34)22-23-33(30)38/h3-21,24-25H,22-23,42-43H2,1-2H3. The van der Waals surface area contributed by atoms with Crippen LogP contribution in [0.1, 0.15) is 36.1 Å². The van der Waals surface area contributed by atoms with E-state index in [1.54, 1.807) is 0 Å². The zero-order chi connectivity index (χ0) is 30.0. The molecule has 0 aromatic heterocycles. The van der Waals surface area contributed by atoms with Crippen molar-refractivity contribution in [2.24, 2.45) is 0 Å². The molecule has 0 bridgehead atoms. The van der Waals surface area contributed by atoms with Crippen LogP contribution in [0.25, 0.3) is 33.4 Å². The number of benzene rings is 6. The van der Waals surface area contributed by atoms with Crippen LogP contribution in [-0.4, -0.2) is 0 Å². The maximum atomic E-state index is 6.77. The molecule has 0 saturated heterocycles. The van der Waals surface area contributed by atoms with Gasteiger partial charge >= 0.3 is 0 Å². The van der Waals surface area contributed by atoms with Gasteiger partial charge in [0.1, 0.15) is 0 Å². The van der Waals surface area contributed by atoms with Crippen molar-refractivity contribution in [3.05, 3.63) is 150 Å². The van der Waals surface area contributed by atoms with Crippen molar-refractivity contribution in [3.8, 4) is 33.4 Å². The monoisotopic (exact) mass is 569 g/mol. The highest BCUT2D eigenvalue weighted by Crippen LogP contribution is 2.53. The van der Waals surface area contributed by atoms with E-state index in [0.717, 1.165) is 35.2 Å². The van der Waals surface area contributed by atoms with Gasteiger partial charge in [0.05, 0.1) is 11.4 Å². The van der Waals surface area contributed by atoms with E-state index >= 15 is 0 Å². The van der Waals surface area contributed by atoms with Gasteiger partial charge in [-0.05, 0) is 98.8 Å². The first-order valence-corrected chi connectivity index (χ1v) is 15.4. The van der Waals surface area contributed by atoms with E-state index in [0.29, 0.717) is 5.69 Å². The number of anilines is 5. The van der Waals surface area contributed by atoms with E-state index in [1.165, 1.54) is 56.0 Å². The van der Waals surface area contributed by atoms with Crippen molar-refractivity contribution in [2.45, 2.75) is 32.1 Å². The molecule has 1 heterocycles. The summed E-state index contributed by atoms with van der Waals surface area (Å²) in [5.41, 5.74) is 30.4. The van der Waals surface area contributed by atoms with Crippen LogP contribution in [0.4, 0.5) is 28.4 Å². The largest absolute Gasteiger partial charge is 0.399 e. The van der Waals surface area contributed by atoms with Gasteiger partial charge in [0.2, 0.25) is 0 Å². The third-order valence-corrected chi connectivity index (χ3v) is 9.69. The molecule has 4 N–H and O–H groups in total. The minimum atomic E-state index is -0.119. The molecule has 0 spiro atoms. The first kappa shape index (κ1) is 26.4. The fourth-order valence-electron chi connectivity index (χ4n) is 7.62. The number of nitrogen functional groups attached to an aromatic ring is 2. The van der Waals surface area contributed by atoms with Gasteiger partial charge in [-0.1, -0.05) is 111 Å². The summed E-state index contributed by atoms with van der Waals surface area (Å²) in [6.45, 7) is 4.68. The van der Waals surface area contributed by atoms with Crippen molar-refractivity contribution in [2.75, 3.05) is 16.4 Å². The Balaban J connectivity index is 1.45. The molecular formula is C41H35N3. The first-order valence-electron chi connectivity index (χ1n) is 15.4. The number of nitrogens with zero attached hydrogens (tertiary/aromatic N) is 1. The van der Waals surface area contributed by atoms with Crippen LogP contribution >= 0.6 is 0 Å². The Bertz CT molecular complexity index is 2040. The summed E-state index contributed by atoms with van der Waals surface area (Å²) in [6, 6.07) is 46.0. The number of fused-ring (bicyclic) bond motifs is 9. The number of hydrogen-bond acceptors (Lipinski definition) is 3. The fraction of sp³-hybridized carbons (Fsp3) is 0.122. The smallest absolute Gasteiger partial charge is 0.0502 e. The molecule has 0 radical (unpaired) electrons. The second-order valence-electron chi connectivity index (χ2n) is 12.5. The summed E-state index contributed by atoms with van der Waals surface area (Å²) in [5.74, 6) is 0. The molecule has 1 aliphatic heterocycles. The Morgan fingerprint density at radius 2 is 0.932 bits per heavy atom. The molecule has 44 heavy (non-hydrogen) atoms. The van der Waals surface area contributed by atoms with Gasteiger partial charge in [-0.2, -0.15) is 0 Å². The molecule has 6 aromatic rings. The summed E-state index contributed by atoms with van der Waals surface area (Å²) >= 11 is 0. The van der Waals surface area contributed by atoms with Gasteiger partial charge in [-0.15, -0.1) is 0 Å². The lowest BCUT2D eigenvalue weighted by Gasteiger charge is -2.42. The molecule has 2 aliphatic rings.